The van der Waals surface area contributed by atoms with E-state index in [4.69, 9.17) is 9.47 Å². The molecular weight excluding hydrogens is 809 g/mol. The van der Waals surface area contributed by atoms with Crippen LogP contribution in [-0.4, -0.2) is 13.2 Å². The molecule has 0 radical (unpaired) electrons. The first-order valence-corrected chi connectivity index (χ1v) is 27.8. The van der Waals surface area contributed by atoms with E-state index in [0.29, 0.717) is 0 Å². The zero-order valence-electron chi connectivity index (χ0n) is 38.0. The maximum absolute atomic E-state index is 6.85. The zero-order chi connectivity index (χ0) is 42.0. The van der Waals surface area contributed by atoms with Crippen LogP contribution < -0.4 is 9.47 Å². The van der Waals surface area contributed by atoms with Gasteiger partial charge in [0.15, 0.2) is 0 Å². The Hall–Kier alpha value is -2.38. The average molecular weight is 887 g/mol. The highest BCUT2D eigenvalue weighted by Crippen LogP contribution is 2.48. The van der Waals surface area contributed by atoms with Crippen LogP contribution in [0.3, 0.4) is 0 Å². The number of hydrogen-bond acceptors (Lipinski definition) is 6. The van der Waals surface area contributed by atoms with E-state index in [1.54, 1.807) is 0 Å². The summed E-state index contributed by atoms with van der Waals surface area (Å²) in [6.45, 7) is 10.7. The maximum atomic E-state index is 6.85. The minimum Gasteiger partial charge on any atom is -0.493 e. The molecule has 330 valence electrons. The molecule has 60 heavy (non-hydrogen) atoms. The number of unbranched alkanes of at least 4 members (excludes halogenated alkanes) is 20. The molecule has 4 heterocycles. The molecule has 6 heteroatoms. The third-order valence-electron chi connectivity index (χ3n) is 11.9. The SMILES string of the molecule is CCCCCCCCOc1cc(-c2ccc(-c3sccc3CCCCCCCC)s2)c(OCCCCCCCC)cc1-c1ccc(-c2sccc2CCCCCCCC)s1. The lowest BCUT2D eigenvalue weighted by molar-refractivity contribution is 0.298. The second-order valence-corrected chi connectivity index (χ2v) is 21.0. The standard InChI is InChI=1S/C54H78O2S4/c1-5-9-13-17-21-25-29-43-35-39-57-53(43)51-33-31-49(59-51)45-41-48(56-38-28-24-20-16-12-8-4)46(42-47(45)55-37-27-23-19-15-11-7-3)50-32-34-52(60-50)54-44(36-40-58-54)30-26-22-18-14-10-6-2/h31-36,39-42H,5-30,37-38H2,1-4H3. The van der Waals surface area contributed by atoms with Crippen LogP contribution in [0, 0.1) is 0 Å². The maximum Gasteiger partial charge on any atom is 0.128 e. The van der Waals surface area contributed by atoms with Gasteiger partial charge in [-0.1, -0.05) is 156 Å². The molecule has 0 aliphatic rings. The van der Waals surface area contributed by atoms with E-state index in [9.17, 15) is 0 Å². The van der Waals surface area contributed by atoms with Crippen molar-refractivity contribution in [1.29, 1.82) is 0 Å². The molecule has 5 rings (SSSR count). The van der Waals surface area contributed by atoms with Crippen molar-refractivity contribution >= 4 is 45.3 Å². The molecule has 0 amide bonds. The van der Waals surface area contributed by atoms with Gasteiger partial charge in [-0.3, -0.25) is 0 Å². The highest BCUT2D eigenvalue weighted by atomic mass is 32.1. The highest BCUT2D eigenvalue weighted by molar-refractivity contribution is 7.24. The largest absolute Gasteiger partial charge is 0.493 e. The van der Waals surface area contributed by atoms with E-state index in [-0.39, 0.29) is 0 Å². The van der Waals surface area contributed by atoms with Gasteiger partial charge in [-0.2, -0.15) is 0 Å². The summed E-state index contributed by atoms with van der Waals surface area (Å²) >= 11 is 7.64. The van der Waals surface area contributed by atoms with Gasteiger partial charge in [0.05, 0.1) is 13.2 Å². The lowest BCUT2D eigenvalue weighted by Crippen LogP contribution is -2.02. The first-order valence-electron chi connectivity index (χ1n) is 24.4. The predicted molar refractivity (Wildman–Crippen MR) is 272 cm³/mol. The van der Waals surface area contributed by atoms with Gasteiger partial charge < -0.3 is 9.47 Å². The van der Waals surface area contributed by atoms with Crippen molar-refractivity contribution in [2.24, 2.45) is 0 Å². The van der Waals surface area contributed by atoms with Crippen LogP contribution in [0.5, 0.6) is 11.5 Å². The summed E-state index contributed by atoms with van der Waals surface area (Å²) < 4.78 is 13.7. The number of hydrogen-bond donors (Lipinski definition) is 0. The van der Waals surface area contributed by atoms with E-state index in [0.717, 1.165) is 37.6 Å². The molecule has 0 bridgehead atoms. The fraction of sp³-hybridized carbons (Fsp3) is 0.593. The zero-order valence-corrected chi connectivity index (χ0v) is 41.3. The van der Waals surface area contributed by atoms with Gasteiger partial charge >= 0.3 is 0 Å². The van der Waals surface area contributed by atoms with Gasteiger partial charge in [-0.25, -0.2) is 0 Å². The van der Waals surface area contributed by atoms with Crippen molar-refractivity contribution in [3.05, 3.63) is 70.4 Å². The molecule has 4 aromatic heterocycles. The number of thiophene rings is 4. The van der Waals surface area contributed by atoms with Gasteiger partial charge in [0.2, 0.25) is 0 Å². The van der Waals surface area contributed by atoms with Crippen LogP contribution >= 0.6 is 45.3 Å². The van der Waals surface area contributed by atoms with Crippen LogP contribution in [0.15, 0.2) is 59.3 Å². The van der Waals surface area contributed by atoms with Crippen LogP contribution in [0.1, 0.15) is 193 Å². The Morgan fingerprint density at radius 2 is 0.700 bits per heavy atom. The van der Waals surface area contributed by atoms with Gasteiger partial charge in [-0.15, -0.1) is 45.3 Å². The summed E-state index contributed by atoms with van der Waals surface area (Å²) in [6, 6.07) is 18.8. The lowest BCUT2D eigenvalue weighted by atomic mass is 10.0. The molecule has 0 fully saturated rings. The summed E-state index contributed by atoms with van der Waals surface area (Å²) in [5.74, 6) is 1.99. The summed E-state index contributed by atoms with van der Waals surface area (Å²) in [6.07, 6.45) is 33.4. The predicted octanol–water partition coefficient (Wildman–Crippen LogP) is 19.9. The molecule has 0 aliphatic heterocycles. The van der Waals surface area contributed by atoms with Gasteiger partial charge in [-0.05, 0) is 109 Å². The molecule has 0 atom stereocenters. The third-order valence-corrected chi connectivity index (χ3v) is 16.4. The second kappa shape index (κ2) is 29.1. The number of ether oxygens (including phenoxy) is 2. The molecule has 0 aliphatic carbocycles. The normalized spacial score (nSPS) is 11.5. The van der Waals surface area contributed by atoms with Crippen molar-refractivity contribution in [1.82, 2.24) is 0 Å². The lowest BCUT2D eigenvalue weighted by Gasteiger charge is -2.17. The Labute approximate surface area is 382 Å². The van der Waals surface area contributed by atoms with Crippen LogP contribution in [0.4, 0.5) is 0 Å². The van der Waals surface area contributed by atoms with Crippen molar-refractivity contribution in [3.8, 4) is 51.9 Å². The highest BCUT2D eigenvalue weighted by Gasteiger charge is 2.20. The molecule has 5 aromatic rings. The van der Waals surface area contributed by atoms with Crippen LogP contribution in [-0.2, 0) is 12.8 Å². The van der Waals surface area contributed by atoms with Crippen molar-refractivity contribution in [2.75, 3.05) is 13.2 Å². The average Bonchev–Trinajstić information content (AvgIpc) is 4.11. The Morgan fingerprint density at radius 3 is 1.08 bits per heavy atom. The smallest absolute Gasteiger partial charge is 0.128 e. The summed E-state index contributed by atoms with van der Waals surface area (Å²) in [5.41, 5.74) is 5.36. The molecule has 1 aromatic carbocycles. The van der Waals surface area contributed by atoms with Crippen molar-refractivity contribution in [3.63, 3.8) is 0 Å². The monoisotopic (exact) mass is 886 g/mol. The Bertz CT molecular complexity index is 1720. The Kier molecular flexibility index (Phi) is 23.6. The van der Waals surface area contributed by atoms with E-state index in [2.05, 4.69) is 87.0 Å². The fourth-order valence-electron chi connectivity index (χ4n) is 8.21. The Balaban J connectivity index is 1.42. The summed E-state index contributed by atoms with van der Waals surface area (Å²) in [4.78, 5) is 8.17. The molecule has 0 N–H and O–H groups in total. The van der Waals surface area contributed by atoms with Crippen LogP contribution in [0.2, 0.25) is 0 Å². The molecular formula is C54H78O2S4. The van der Waals surface area contributed by atoms with E-state index in [1.807, 2.05) is 45.3 Å². The third kappa shape index (κ3) is 16.1. The van der Waals surface area contributed by atoms with Crippen LogP contribution in [0.25, 0.3) is 40.4 Å². The molecule has 2 nitrogen and oxygen atoms in total. The topological polar surface area (TPSA) is 18.5 Å². The molecule has 0 spiro atoms. The van der Waals surface area contributed by atoms with Gasteiger partial charge in [0.1, 0.15) is 11.5 Å². The number of aryl methyl sites for hydroxylation is 2. The molecule has 0 saturated heterocycles. The first kappa shape index (κ1) is 48.6. The molecule has 0 unspecified atom stereocenters. The number of benzene rings is 1. The fourth-order valence-corrected chi connectivity index (χ4v) is 12.5. The van der Waals surface area contributed by atoms with Gasteiger partial charge in [0, 0.05) is 40.4 Å². The van der Waals surface area contributed by atoms with E-state index >= 15 is 0 Å². The minimum absolute atomic E-state index is 0.745. The quantitative estimate of drug-likeness (QED) is 0.0383. The Morgan fingerprint density at radius 1 is 0.367 bits per heavy atom. The minimum atomic E-state index is 0.745. The summed E-state index contributed by atoms with van der Waals surface area (Å²) in [7, 11) is 0. The van der Waals surface area contributed by atoms with Crippen molar-refractivity contribution < 1.29 is 9.47 Å². The van der Waals surface area contributed by atoms with E-state index < -0.39 is 0 Å². The second-order valence-electron chi connectivity index (χ2n) is 17.0. The number of rotatable bonds is 34. The summed E-state index contributed by atoms with van der Waals surface area (Å²) in [5, 5.41) is 4.59. The van der Waals surface area contributed by atoms with Crippen molar-refractivity contribution in [2.45, 2.75) is 195 Å². The first-order chi connectivity index (χ1) is 29.7. The van der Waals surface area contributed by atoms with E-state index in [1.165, 1.54) is 206 Å². The molecule has 0 saturated carbocycles. The van der Waals surface area contributed by atoms with Gasteiger partial charge in [0.25, 0.3) is 0 Å².